The first kappa shape index (κ1) is 18.3. The number of alkyl halides is 3. The molecule has 0 amide bonds. The van der Waals surface area contributed by atoms with Crippen molar-refractivity contribution < 1.29 is 22.6 Å². The lowest BCUT2D eigenvalue weighted by atomic mass is 10.0. The summed E-state index contributed by atoms with van der Waals surface area (Å²) in [6.45, 7) is -1.15. The standard InChI is InChI=1S/C14H19BrF3NO2/c1-19-12(5-6-21-9-14(16,17)18)8-10-7-11(15)3-4-13(10)20-2/h3-4,7,12,19H,5-6,8-9H2,1-2H3. The molecule has 120 valence electrons. The van der Waals surface area contributed by atoms with E-state index in [9.17, 15) is 13.2 Å². The zero-order valence-corrected chi connectivity index (χ0v) is 13.6. The van der Waals surface area contributed by atoms with Crippen LogP contribution in [0.5, 0.6) is 5.75 Å². The van der Waals surface area contributed by atoms with Crippen LogP contribution in [-0.2, 0) is 11.2 Å². The van der Waals surface area contributed by atoms with Crippen LogP contribution in [0.4, 0.5) is 13.2 Å². The third-order valence-electron chi connectivity index (χ3n) is 2.99. The SMILES string of the molecule is CNC(CCOCC(F)(F)F)Cc1cc(Br)ccc1OC. The monoisotopic (exact) mass is 369 g/mol. The van der Waals surface area contributed by atoms with Gasteiger partial charge in [0.05, 0.1) is 7.11 Å². The summed E-state index contributed by atoms with van der Waals surface area (Å²) in [4.78, 5) is 0. The number of likely N-dealkylation sites (N-methyl/N-ethyl adjacent to an activating group) is 1. The van der Waals surface area contributed by atoms with Gasteiger partial charge in [-0.25, -0.2) is 0 Å². The van der Waals surface area contributed by atoms with Crippen molar-refractivity contribution in [3.8, 4) is 5.75 Å². The molecule has 0 aliphatic rings. The van der Waals surface area contributed by atoms with Crippen LogP contribution < -0.4 is 10.1 Å². The first-order chi connectivity index (χ1) is 9.85. The molecule has 0 aromatic heterocycles. The second kappa shape index (κ2) is 8.60. The quantitative estimate of drug-likeness (QED) is 0.710. The normalized spacial score (nSPS) is 13.2. The molecule has 1 rings (SSSR count). The van der Waals surface area contributed by atoms with Crippen LogP contribution >= 0.6 is 15.9 Å². The Morgan fingerprint density at radius 3 is 2.62 bits per heavy atom. The lowest BCUT2D eigenvalue weighted by molar-refractivity contribution is -0.174. The Kier molecular flexibility index (Phi) is 7.48. The third kappa shape index (κ3) is 7.15. The van der Waals surface area contributed by atoms with E-state index in [0.29, 0.717) is 12.8 Å². The van der Waals surface area contributed by atoms with E-state index in [-0.39, 0.29) is 12.6 Å². The van der Waals surface area contributed by atoms with Crippen molar-refractivity contribution in [2.45, 2.75) is 25.1 Å². The van der Waals surface area contributed by atoms with Crippen molar-refractivity contribution in [2.75, 3.05) is 27.4 Å². The molecule has 0 fully saturated rings. The number of halogens is 4. The molecule has 0 spiro atoms. The van der Waals surface area contributed by atoms with Crippen LogP contribution in [0.15, 0.2) is 22.7 Å². The number of hydrogen-bond acceptors (Lipinski definition) is 3. The van der Waals surface area contributed by atoms with E-state index >= 15 is 0 Å². The Labute approximate surface area is 130 Å². The van der Waals surface area contributed by atoms with Crippen LogP contribution in [0.25, 0.3) is 0 Å². The lowest BCUT2D eigenvalue weighted by Crippen LogP contribution is -2.30. The zero-order valence-electron chi connectivity index (χ0n) is 12.0. The molecular weight excluding hydrogens is 351 g/mol. The maximum atomic E-state index is 12.0. The second-order valence-corrected chi connectivity index (χ2v) is 5.52. The van der Waals surface area contributed by atoms with Crippen molar-refractivity contribution in [2.24, 2.45) is 0 Å². The lowest BCUT2D eigenvalue weighted by Gasteiger charge is -2.18. The van der Waals surface area contributed by atoms with Crippen LogP contribution in [-0.4, -0.2) is 39.6 Å². The first-order valence-corrected chi connectivity index (χ1v) is 7.29. The Bertz CT molecular complexity index is 441. The highest BCUT2D eigenvalue weighted by Gasteiger charge is 2.27. The largest absolute Gasteiger partial charge is 0.496 e. The predicted molar refractivity (Wildman–Crippen MR) is 78.7 cm³/mol. The summed E-state index contributed by atoms with van der Waals surface area (Å²) in [7, 11) is 3.37. The number of rotatable bonds is 8. The van der Waals surface area contributed by atoms with Crippen molar-refractivity contribution in [3.05, 3.63) is 28.2 Å². The smallest absolute Gasteiger partial charge is 0.411 e. The summed E-state index contributed by atoms with van der Waals surface area (Å²) < 4.78 is 46.8. The molecule has 0 saturated carbocycles. The van der Waals surface area contributed by atoms with Crippen molar-refractivity contribution in [1.82, 2.24) is 5.32 Å². The minimum absolute atomic E-state index is 0.0152. The highest BCUT2D eigenvalue weighted by atomic mass is 79.9. The second-order valence-electron chi connectivity index (χ2n) is 4.60. The molecule has 0 saturated heterocycles. The van der Waals surface area contributed by atoms with Crippen molar-refractivity contribution in [1.29, 1.82) is 0 Å². The van der Waals surface area contributed by atoms with Gasteiger partial charge in [0.15, 0.2) is 0 Å². The topological polar surface area (TPSA) is 30.5 Å². The maximum absolute atomic E-state index is 12.0. The minimum atomic E-state index is -4.28. The van der Waals surface area contributed by atoms with Crippen LogP contribution in [0.1, 0.15) is 12.0 Å². The number of hydrogen-bond donors (Lipinski definition) is 1. The van der Waals surface area contributed by atoms with Gasteiger partial charge in [-0.2, -0.15) is 13.2 Å². The van der Waals surface area contributed by atoms with E-state index in [1.54, 1.807) is 14.2 Å². The fraction of sp³-hybridized carbons (Fsp3) is 0.571. The van der Waals surface area contributed by atoms with E-state index in [1.165, 1.54) is 0 Å². The molecule has 0 aliphatic heterocycles. The Balaban J connectivity index is 2.52. The number of methoxy groups -OCH3 is 1. The summed E-state index contributed by atoms with van der Waals surface area (Å²) in [6, 6.07) is 5.69. The van der Waals surface area contributed by atoms with E-state index in [0.717, 1.165) is 15.8 Å². The maximum Gasteiger partial charge on any atom is 0.411 e. The molecule has 21 heavy (non-hydrogen) atoms. The molecule has 1 N–H and O–H groups in total. The zero-order chi connectivity index (χ0) is 15.9. The van der Waals surface area contributed by atoms with Gasteiger partial charge in [-0.3, -0.25) is 0 Å². The van der Waals surface area contributed by atoms with Gasteiger partial charge in [0.25, 0.3) is 0 Å². The summed E-state index contributed by atoms with van der Waals surface area (Å²) in [5.74, 6) is 0.759. The van der Waals surface area contributed by atoms with Crippen LogP contribution in [0.2, 0.25) is 0 Å². The number of nitrogens with one attached hydrogen (secondary N) is 1. The number of ether oxygens (including phenoxy) is 2. The molecule has 1 aromatic rings. The van der Waals surface area contributed by atoms with Gasteiger partial charge in [-0.1, -0.05) is 15.9 Å². The van der Waals surface area contributed by atoms with Gasteiger partial charge in [0, 0.05) is 17.1 Å². The summed E-state index contributed by atoms with van der Waals surface area (Å²) in [5.41, 5.74) is 0.988. The molecule has 0 radical (unpaired) electrons. The molecule has 0 aliphatic carbocycles. The van der Waals surface area contributed by atoms with Crippen LogP contribution in [0.3, 0.4) is 0 Å². The molecule has 7 heteroatoms. The summed E-state index contributed by atoms with van der Waals surface area (Å²) in [6.07, 6.45) is -3.14. The Morgan fingerprint density at radius 2 is 2.05 bits per heavy atom. The molecular formula is C14H19BrF3NO2. The first-order valence-electron chi connectivity index (χ1n) is 6.50. The molecule has 3 nitrogen and oxygen atoms in total. The molecule has 0 heterocycles. The van der Waals surface area contributed by atoms with E-state index < -0.39 is 12.8 Å². The van der Waals surface area contributed by atoms with Gasteiger partial charge in [-0.15, -0.1) is 0 Å². The molecule has 1 aromatic carbocycles. The van der Waals surface area contributed by atoms with Crippen molar-refractivity contribution >= 4 is 15.9 Å². The highest BCUT2D eigenvalue weighted by Crippen LogP contribution is 2.24. The van der Waals surface area contributed by atoms with Gasteiger partial charge < -0.3 is 14.8 Å². The fourth-order valence-electron chi connectivity index (χ4n) is 1.93. The van der Waals surface area contributed by atoms with Gasteiger partial charge in [0.2, 0.25) is 0 Å². The Hall–Kier alpha value is -0.790. The van der Waals surface area contributed by atoms with E-state index in [1.807, 2.05) is 18.2 Å². The average molecular weight is 370 g/mol. The summed E-state index contributed by atoms with van der Waals surface area (Å²) >= 11 is 3.40. The van der Waals surface area contributed by atoms with Gasteiger partial charge >= 0.3 is 6.18 Å². The van der Waals surface area contributed by atoms with E-state index in [4.69, 9.17) is 4.74 Å². The highest BCUT2D eigenvalue weighted by molar-refractivity contribution is 9.10. The van der Waals surface area contributed by atoms with Crippen LogP contribution in [0, 0.1) is 0 Å². The fourth-order valence-corrected chi connectivity index (χ4v) is 2.34. The minimum Gasteiger partial charge on any atom is -0.496 e. The Morgan fingerprint density at radius 1 is 1.33 bits per heavy atom. The molecule has 0 bridgehead atoms. The number of benzene rings is 1. The van der Waals surface area contributed by atoms with E-state index in [2.05, 4.69) is 26.0 Å². The molecule has 1 atom stereocenters. The summed E-state index contributed by atoms with van der Waals surface area (Å²) in [5, 5.41) is 3.09. The third-order valence-corrected chi connectivity index (χ3v) is 3.49. The van der Waals surface area contributed by atoms with Gasteiger partial charge in [0.1, 0.15) is 12.4 Å². The van der Waals surface area contributed by atoms with Gasteiger partial charge in [-0.05, 0) is 43.7 Å². The predicted octanol–water partition coefficient (Wildman–Crippen LogP) is 3.56. The molecule has 1 unspecified atom stereocenters. The average Bonchev–Trinajstić information content (AvgIpc) is 2.41. The van der Waals surface area contributed by atoms with Crippen molar-refractivity contribution in [3.63, 3.8) is 0 Å².